The van der Waals surface area contributed by atoms with Crippen LogP contribution in [0, 0.1) is 5.82 Å². The monoisotopic (exact) mass is 370 g/mol. The summed E-state index contributed by atoms with van der Waals surface area (Å²) in [5.74, 6) is 1.96. The second-order valence-corrected chi connectivity index (χ2v) is 9.63. The number of rotatable bonds is 4. The first-order valence-corrected chi connectivity index (χ1v) is 10.8. The Morgan fingerprint density at radius 3 is 1.26 bits per heavy atom. The minimum atomic E-state index is -2.17. The zero-order valence-electron chi connectivity index (χ0n) is 14.9. The molecular formula is C25H20FP. The fraction of sp³-hybridized carbons (Fsp3) is 0. The highest BCUT2D eigenvalue weighted by Crippen LogP contribution is 2.44. The van der Waals surface area contributed by atoms with Gasteiger partial charge in [-0.05, 0) is 34.7 Å². The molecule has 0 atom stereocenters. The van der Waals surface area contributed by atoms with Crippen LogP contribution in [-0.2, 0) is 0 Å². The predicted molar refractivity (Wildman–Crippen MR) is 117 cm³/mol. The fourth-order valence-electron chi connectivity index (χ4n) is 3.45. The number of hydrogen-bond acceptors (Lipinski definition) is 0. The molecule has 0 aliphatic heterocycles. The van der Waals surface area contributed by atoms with Gasteiger partial charge in [-0.2, -0.15) is 0 Å². The lowest BCUT2D eigenvalue weighted by atomic mass is 10.2. The molecule has 0 aromatic heterocycles. The Balaban J connectivity index is 2.15. The molecular weight excluding hydrogens is 350 g/mol. The minimum absolute atomic E-state index is 0.190. The summed E-state index contributed by atoms with van der Waals surface area (Å²) in [6, 6.07) is 38.4. The molecule has 0 aliphatic rings. The molecule has 0 unspecified atom stereocenters. The minimum Gasteiger partial charge on any atom is -0.206 e. The molecule has 0 spiro atoms. The lowest BCUT2D eigenvalue weighted by Gasteiger charge is -2.29. The Hall–Kier alpha value is -2.89. The van der Waals surface area contributed by atoms with Gasteiger partial charge in [-0.15, -0.1) is 0 Å². The topological polar surface area (TPSA) is 0 Å². The third-order valence-corrected chi connectivity index (χ3v) is 8.73. The van der Waals surface area contributed by atoms with Gasteiger partial charge >= 0.3 is 0 Å². The van der Waals surface area contributed by atoms with E-state index in [0.29, 0.717) is 5.56 Å². The van der Waals surface area contributed by atoms with Crippen LogP contribution in [0.1, 0.15) is 5.56 Å². The van der Waals surface area contributed by atoms with E-state index in [4.69, 9.17) is 0 Å². The summed E-state index contributed by atoms with van der Waals surface area (Å²) in [5, 5.41) is 3.64. The van der Waals surface area contributed by atoms with Crippen LogP contribution in [0.2, 0.25) is 0 Å². The van der Waals surface area contributed by atoms with E-state index < -0.39 is 6.89 Å². The van der Waals surface area contributed by atoms with E-state index in [2.05, 4.69) is 78.6 Å². The Bertz CT molecular complexity index is 967. The molecule has 4 aromatic rings. The fourth-order valence-corrected chi connectivity index (χ4v) is 7.34. The Morgan fingerprint density at radius 2 is 0.852 bits per heavy atom. The molecule has 4 aromatic carbocycles. The quantitative estimate of drug-likeness (QED) is 0.445. The summed E-state index contributed by atoms with van der Waals surface area (Å²) < 4.78 is 14.7. The summed E-state index contributed by atoms with van der Waals surface area (Å²) in [4.78, 5) is 0. The molecule has 2 heteroatoms. The number of halogens is 1. The van der Waals surface area contributed by atoms with Gasteiger partial charge in [0.25, 0.3) is 0 Å². The summed E-state index contributed by atoms with van der Waals surface area (Å²) in [5.41, 5.74) is 0.641. The molecule has 132 valence electrons. The Morgan fingerprint density at radius 1 is 0.481 bits per heavy atom. The lowest BCUT2D eigenvalue weighted by Crippen LogP contribution is -2.27. The SMILES string of the molecule is Fc1ccccc1C=P(c1ccccc1)(c1ccccc1)c1ccccc1. The van der Waals surface area contributed by atoms with E-state index in [-0.39, 0.29) is 5.82 Å². The molecule has 0 saturated heterocycles. The van der Waals surface area contributed by atoms with Crippen molar-refractivity contribution in [2.75, 3.05) is 0 Å². The standard InChI is InChI=1S/C25H20FP/c26-25-19-11-10-12-21(25)20-27(22-13-4-1-5-14-22,23-15-6-2-7-16-23)24-17-8-3-9-18-24/h1-20H. The van der Waals surface area contributed by atoms with Crippen LogP contribution in [0.25, 0.3) is 0 Å². The number of hydrogen-bond donors (Lipinski definition) is 0. The average molecular weight is 370 g/mol. The summed E-state index contributed by atoms with van der Waals surface area (Å²) in [6.07, 6.45) is 0. The van der Waals surface area contributed by atoms with Crippen molar-refractivity contribution in [3.63, 3.8) is 0 Å². The summed E-state index contributed by atoms with van der Waals surface area (Å²) >= 11 is 0. The maximum atomic E-state index is 14.7. The Kier molecular flexibility index (Phi) is 5.05. The van der Waals surface area contributed by atoms with Crippen LogP contribution in [0.5, 0.6) is 0 Å². The van der Waals surface area contributed by atoms with Crippen molar-refractivity contribution in [3.05, 3.63) is 127 Å². The zero-order valence-corrected chi connectivity index (χ0v) is 15.8. The van der Waals surface area contributed by atoms with Crippen molar-refractivity contribution >= 4 is 28.6 Å². The molecule has 0 nitrogen and oxygen atoms in total. The molecule has 0 fully saturated rings. The lowest BCUT2D eigenvalue weighted by molar-refractivity contribution is 0.626. The van der Waals surface area contributed by atoms with Crippen LogP contribution >= 0.6 is 6.89 Å². The van der Waals surface area contributed by atoms with E-state index in [1.807, 2.05) is 30.3 Å². The molecule has 0 radical (unpaired) electrons. The highest BCUT2D eigenvalue weighted by atomic mass is 31.2. The van der Waals surface area contributed by atoms with E-state index in [1.54, 1.807) is 6.07 Å². The predicted octanol–water partition coefficient (Wildman–Crippen LogP) is 4.97. The van der Waals surface area contributed by atoms with Gasteiger partial charge in [0.15, 0.2) is 0 Å². The van der Waals surface area contributed by atoms with Crippen LogP contribution in [-0.4, -0.2) is 5.80 Å². The highest BCUT2D eigenvalue weighted by Gasteiger charge is 2.25. The van der Waals surface area contributed by atoms with Gasteiger partial charge in [0.05, 0.1) is 0 Å². The van der Waals surface area contributed by atoms with Crippen LogP contribution in [0.3, 0.4) is 0 Å². The van der Waals surface area contributed by atoms with Crippen molar-refractivity contribution in [1.82, 2.24) is 0 Å². The summed E-state index contributed by atoms with van der Waals surface area (Å²) in [6.45, 7) is -2.17. The van der Waals surface area contributed by atoms with Gasteiger partial charge in [-0.1, -0.05) is 109 Å². The normalized spacial score (nSPS) is 11.1. The molecule has 4 rings (SSSR count). The summed E-state index contributed by atoms with van der Waals surface area (Å²) in [7, 11) is 0. The van der Waals surface area contributed by atoms with E-state index >= 15 is 0 Å². The molecule has 0 amide bonds. The third kappa shape index (κ3) is 3.39. The maximum Gasteiger partial charge on any atom is 0.130 e. The van der Waals surface area contributed by atoms with Crippen LogP contribution in [0.15, 0.2) is 115 Å². The number of benzene rings is 4. The molecule has 0 saturated carbocycles. The van der Waals surface area contributed by atoms with Gasteiger partial charge in [0.1, 0.15) is 5.82 Å². The largest absolute Gasteiger partial charge is 0.206 e. The first kappa shape index (κ1) is 17.5. The molecule has 0 aliphatic carbocycles. The first-order valence-electron chi connectivity index (χ1n) is 8.97. The van der Waals surface area contributed by atoms with Crippen LogP contribution < -0.4 is 15.9 Å². The Labute approximate surface area is 159 Å². The van der Waals surface area contributed by atoms with Crippen LogP contribution in [0.4, 0.5) is 4.39 Å². The molecule has 0 heterocycles. The maximum absolute atomic E-state index is 14.7. The van der Waals surface area contributed by atoms with Gasteiger partial charge in [0.2, 0.25) is 0 Å². The molecule has 0 bridgehead atoms. The van der Waals surface area contributed by atoms with E-state index in [0.717, 1.165) is 0 Å². The van der Waals surface area contributed by atoms with Crippen molar-refractivity contribution < 1.29 is 4.39 Å². The first-order chi connectivity index (χ1) is 13.3. The van der Waals surface area contributed by atoms with Crippen molar-refractivity contribution in [2.24, 2.45) is 0 Å². The van der Waals surface area contributed by atoms with E-state index in [9.17, 15) is 4.39 Å². The van der Waals surface area contributed by atoms with Gasteiger partial charge in [-0.25, -0.2) is 4.39 Å². The third-order valence-electron chi connectivity index (χ3n) is 4.73. The van der Waals surface area contributed by atoms with Gasteiger partial charge < -0.3 is 0 Å². The zero-order chi connectivity index (χ0) is 18.5. The molecule has 0 N–H and O–H groups in total. The molecule has 27 heavy (non-hydrogen) atoms. The van der Waals surface area contributed by atoms with Crippen molar-refractivity contribution in [3.8, 4) is 0 Å². The van der Waals surface area contributed by atoms with E-state index in [1.165, 1.54) is 22.0 Å². The second-order valence-electron chi connectivity index (χ2n) is 6.38. The van der Waals surface area contributed by atoms with Gasteiger partial charge in [-0.3, -0.25) is 0 Å². The second kappa shape index (κ2) is 7.78. The average Bonchev–Trinajstić information content (AvgIpc) is 2.75. The highest BCUT2D eigenvalue weighted by molar-refractivity contribution is 7.94. The van der Waals surface area contributed by atoms with Gasteiger partial charge in [0, 0.05) is 5.56 Å². The van der Waals surface area contributed by atoms with Crippen molar-refractivity contribution in [2.45, 2.75) is 0 Å². The van der Waals surface area contributed by atoms with Crippen molar-refractivity contribution in [1.29, 1.82) is 0 Å². The smallest absolute Gasteiger partial charge is 0.130 e.